The van der Waals surface area contributed by atoms with Crippen LogP contribution in [0.2, 0.25) is 0 Å². The second kappa shape index (κ2) is 6.27. The SMILES string of the molecule is CCCS(=O)(=O)c1cccc(CC(C)C2OC2CC)c1. The summed E-state index contributed by atoms with van der Waals surface area (Å²) in [4.78, 5) is 0.452. The van der Waals surface area contributed by atoms with Crippen LogP contribution < -0.4 is 0 Å². The molecule has 0 radical (unpaired) electrons. The minimum Gasteiger partial charge on any atom is -0.369 e. The number of ether oxygens (including phenoxy) is 1. The van der Waals surface area contributed by atoms with Gasteiger partial charge >= 0.3 is 0 Å². The first-order valence-electron chi connectivity index (χ1n) is 7.45. The van der Waals surface area contributed by atoms with Crippen molar-refractivity contribution in [2.45, 2.75) is 57.1 Å². The van der Waals surface area contributed by atoms with Crippen LogP contribution >= 0.6 is 0 Å². The highest BCUT2D eigenvalue weighted by Crippen LogP contribution is 2.33. The number of hydrogen-bond acceptors (Lipinski definition) is 3. The van der Waals surface area contributed by atoms with E-state index in [1.807, 2.05) is 25.1 Å². The first kappa shape index (κ1) is 15.5. The summed E-state index contributed by atoms with van der Waals surface area (Å²) >= 11 is 0. The summed E-state index contributed by atoms with van der Waals surface area (Å²) in [7, 11) is -3.12. The molecule has 1 aliphatic rings. The highest BCUT2D eigenvalue weighted by Gasteiger charge is 2.40. The molecule has 1 fully saturated rings. The Labute approximate surface area is 122 Å². The fourth-order valence-electron chi connectivity index (χ4n) is 2.73. The third-order valence-electron chi connectivity index (χ3n) is 3.87. The molecule has 1 saturated heterocycles. The minimum absolute atomic E-state index is 0.218. The molecule has 3 atom stereocenters. The Kier molecular flexibility index (Phi) is 4.86. The second-order valence-corrected chi connectivity index (χ2v) is 7.80. The van der Waals surface area contributed by atoms with E-state index in [0.29, 0.717) is 29.4 Å². The third-order valence-corrected chi connectivity index (χ3v) is 5.79. The van der Waals surface area contributed by atoms with Gasteiger partial charge in [0.15, 0.2) is 9.84 Å². The predicted molar refractivity (Wildman–Crippen MR) is 80.6 cm³/mol. The fraction of sp³-hybridized carbons (Fsp3) is 0.625. The zero-order valence-corrected chi connectivity index (χ0v) is 13.3. The van der Waals surface area contributed by atoms with Gasteiger partial charge in [-0.05, 0) is 42.9 Å². The number of sulfone groups is 1. The molecule has 0 bridgehead atoms. The predicted octanol–water partition coefficient (Wildman–Crippen LogP) is 3.23. The number of hydrogen-bond donors (Lipinski definition) is 0. The van der Waals surface area contributed by atoms with Crippen molar-refractivity contribution in [3.63, 3.8) is 0 Å². The molecule has 1 aromatic rings. The lowest BCUT2D eigenvalue weighted by molar-refractivity contribution is 0.322. The van der Waals surface area contributed by atoms with E-state index < -0.39 is 9.84 Å². The molecule has 1 aromatic carbocycles. The molecule has 1 heterocycles. The number of epoxide rings is 1. The molecule has 0 aromatic heterocycles. The van der Waals surface area contributed by atoms with Crippen LogP contribution in [0, 0.1) is 5.92 Å². The van der Waals surface area contributed by atoms with Crippen molar-refractivity contribution in [2.24, 2.45) is 5.92 Å². The maximum Gasteiger partial charge on any atom is 0.178 e. The Hall–Kier alpha value is -0.870. The zero-order valence-electron chi connectivity index (χ0n) is 12.5. The lowest BCUT2D eigenvalue weighted by Gasteiger charge is -2.10. The molecular formula is C16H24O3S. The van der Waals surface area contributed by atoms with Gasteiger partial charge in [-0.1, -0.05) is 32.9 Å². The molecular weight excluding hydrogens is 272 g/mol. The van der Waals surface area contributed by atoms with Gasteiger partial charge in [0.2, 0.25) is 0 Å². The van der Waals surface area contributed by atoms with E-state index in [1.165, 1.54) is 0 Å². The van der Waals surface area contributed by atoms with Crippen molar-refractivity contribution >= 4 is 9.84 Å². The van der Waals surface area contributed by atoms with Gasteiger partial charge < -0.3 is 4.74 Å². The van der Waals surface area contributed by atoms with E-state index in [-0.39, 0.29) is 5.75 Å². The van der Waals surface area contributed by atoms with Crippen molar-refractivity contribution in [2.75, 3.05) is 5.75 Å². The lowest BCUT2D eigenvalue weighted by atomic mass is 9.96. The maximum absolute atomic E-state index is 12.1. The fourth-order valence-corrected chi connectivity index (χ4v) is 4.12. The minimum atomic E-state index is -3.12. The standard InChI is InChI=1S/C16H24O3S/c1-4-9-20(17,18)14-8-6-7-13(11-14)10-12(3)16-15(5-2)19-16/h6-8,11-12,15-16H,4-5,9-10H2,1-3H3. The van der Waals surface area contributed by atoms with Crippen LogP contribution in [0.15, 0.2) is 29.2 Å². The highest BCUT2D eigenvalue weighted by atomic mass is 32.2. The average molecular weight is 296 g/mol. The molecule has 0 aliphatic carbocycles. The third kappa shape index (κ3) is 3.61. The highest BCUT2D eigenvalue weighted by molar-refractivity contribution is 7.91. The van der Waals surface area contributed by atoms with Gasteiger partial charge in [-0.3, -0.25) is 0 Å². The van der Waals surface area contributed by atoms with Crippen molar-refractivity contribution in [1.29, 1.82) is 0 Å². The summed E-state index contributed by atoms with van der Waals surface area (Å²) < 4.78 is 29.8. The number of benzene rings is 1. The van der Waals surface area contributed by atoms with E-state index >= 15 is 0 Å². The zero-order chi connectivity index (χ0) is 14.8. The van der Waals surface area contributed by atoms with Crippen LogP contribution in [0.1, 0.15) is 39.2 Å². The van der Waals surface area contributed by atoms with E-state index in [1.54, 1.807) is 6.07 Å². The molecule has 0 N–H and O–H groups in total. The van der Waals surface area contributed by atoms with Crippen molar-refractivity contribution in [1.82, 2.24) is 0 Å². The Bertz CT molecular complexity index is 551. The van der Waals surface area contributed by atoms with Crippen LogP contribution in [-0.2, 0) is 21.0 Å². The van der Waals surface area contributed by atoms with E-state index in [0.717, 1.165) is 18.4 Å². The molecule has 4 heteroatoms. The Morgan fingerprint density at radius 3 is 2.65 bits per heavy atom. The van der Waals surface area contributed by atoms with Gasteiger partial charge in [0.25, 0.3) is 0 Å². The summed E-state index contributed by atoms with van der Waals surface area (Å²) in [6.45, 7) is 6.20. The number of rotatable bonds is 7. The van der Waals surface area contributed by atoms with Gasteiger partial charge in [0.05, 0.1) is 22.9 Å². The average Bonchev–Trinajstić information content (AvgIpc) is 3.18. The topological polar surface area (TPSA) is 46.7 Å². The molecule has 112 valence electrons. The normalized spacial score (nSPS) is 23.6. The van der Waals surface area contributed by atoms with Crippen LogP contribution in [-0.4, -0.2) is 26.4 Å². The van der Waals surface area contributed by atoms with Crippen molar-refractivity contribution in [3.05, 3.63) is 29.8 Å². The first-order valence-corrected chi connectivity index (χ1v) is 9.10. The van der Waals surface area contributed by atoms with Crippen LogP contribution in [0.5, 0.6) is 0 Å². The molecule has 2 rings (SSSR count). The smallest absolute Gasteiger partial charge is 0.178 e. The van der Waals surface area contributed by atoms with E-state index in [9.17, 15) is 8.42 Å². The molecule has 1 aliphatic heterocycles. The second-order valence-electron chi connectivity index (χ2n) is 5.70. The monoisotopic (exact) mass is 296 g/mol. The first-order chi connectivity index (χ1) is 9.47. The summed E-state index contributed by atoms with van der Waals surface area (Å²) in [5, 5.41) is 0. The lowest BCUT2D eigenvalue weighted by Crippen LogP contribution is -2.11. The van der Waals surface area contributed by atoms with Gasteiger partial charge in [-0.25, -0.2) is 8.42 Å². The van der Waals surface area contributed by atoms with Crippen molar-refractivity contribution in [3.8, 4) is 0 Å². The Balaban J connectivity index is 2.07. The van der Waals surface area contributed by atoms with Gasteiger partial charge in [0, 0.05) is 0 Å². The summed E-state index contributed by atoms with van der Waals surface area (Å²) in [6.07, 6.45) is 3.32. The molecule has 3 unspecified atom stereocenters. The molecule has 0 amide bonds. The van der Waals surface area contributed by atoms with Crippen LogP contribution in [0.25, 0.3) is 0 Å². The quantitative estimate of drug-likeness (QED) is 0.726. The van der Waals surface area contributed by atoms with E-state index in [2.05, 4.69) is 13.8 Å². The van der Waals surface area contributed by atoms with Crippen molar-refractivity contribution < 1.29 is 13.2 Å². The Morgan fingerprint density at radius 1 is 1.30 bits per heavy atom. The molecule has 0 saturated carbocycles. The summed E-state index contributed by atoms with van der Waals surface area (Å²) in [6, 6.07) is 7.37. The summed E-state index contributed by atoms with van der Waals surface area (Å²) in [5.41, 5.74) is 1.08. The summed E-state index contributed by atoms with van der Waals surface area (Å²) in [5.74, 6) is 0.652. The van der Waals surface area contributed by atoms with E-state index in [4.69, 9.17) is 4.74 Å². The maximum atomic E-state index is 12.1. The van der Waals surface area contributed by atoms with Crippen LogP contribution in [0.3, 0.4) is 0 Å². The molecule has 3 nitrogen and oxygen atoms in total. The largest absolute Gasteiger partial charge is 0.369 e. The molecule has 20 heavy (non-hydrogen) atoms. The Morgan fingerprint density at radius 2 is 2.05 bits per heavy atom. The van der Waals surface area contributed by atoms with Gasteiger partial charge in [0.1, 0.15) is 0 Å². The van der Waals surface area contributed by atoms with Gasteiger partial charge in [-0.15, -0.1) is 0 Å². The van der Waals surface area contributed by atoms with Gasteiger partial charge in [-0.2, -0.15) is 0 Å². The van der Waals surface area contributed by atoms with Crippen LogP contribution in [0.4, 0.5) is 0 Å². The molecule has 0 spiro atoms.